The van der Waals surface area contributed by atoms with E-state index < -0.39 is 5.54 Å². The van der Waals surface area contributed by atoms with Gasteiger partial charge in [-0.25, -0.2) is 4.98 Å². The van der Waals surface area contributed by atoms with E-state index in [0.29, 0.717) is 51.0 Å². The first-order valence-electron chi connectivity index (χ1n) is 10.3. The van der Waals surface area contributed by atoms with Gasteiger partial charge in [0.15, 0.2) is 0 Å². The van der Waals surface area contributed by atoms with E-state index in [1.54, 1.807) is 28.1 Å². The van der Waals surface area contributed by atoms with Gasteiger partial charge in [0.2, 0.25) is 5.91 Å². The average Bonchev–Trinajstić information content (AvgIpc) is 3.23. The first-order valence-corrected chi connectivity index (χ1v) is 10.3. The van der Waals surface area contributed by atoms with E-state index in [1.165, 1.54) is 6.07 Å². The van der Waals surface area contributed by atoms with Crippen molar-refractivity contribution in [3.05, 3.63) is 52.0 Å². The molecule has 1 N–H and O–H groups in total. The number of piperidine rings is 1. The molecule has 1 saturated heterocycles. The Bertz CT molecular complexity index is 984. The van der Waals surface area contributed by atoms with Gasteiger partial charge in [0.25, 0.3) is 11.5 Å². The van der Waals surface area contributed by atoms with Crippen LogP contribution in [0.25, 0.3) is 0 Å². The number of carbonyl (C=O) groups is 2. The van der Waals surface area contributed by atoms with Gasteiger partial charge >= 0.3 is 0 Å². The van der Waals surface area contributed by atoms with Crippen LogP contribution in [-0.2, 0) is 23.3 Å². The molecular weight excluding hydrogens is 370 g/mol. The lowest BCUT2D eigenvalue weighted by molar-refractivity contribution is -0.141. The Balaban J connectivity index is 1.57. The molecule has 8 heteroatoms. The van der Waals surface area contributed by atoms with Crippen molar-refractivity contribution in [2.75, 3.05) is 19.6 Å². The minimum absolute atomic E-state index is 0.126. The summed E-state index contributed by atoms with van der Waals surface area (Å²) in [5.74, 6) is -0.00626. The van der Waals surface area contributed by atoms with Crippen molar-refractivity contribution in [2.24, 2.45) is 0 Å². The first-order chi connectivity index (χ1) is 14.0. The fourth-order valence-corrected chi connectivity index (χ4v) is 4.70. The molecule has 29 heavy (non-hydrogen) atoms. The highest BCUT2D eigenvalue weighted by atomic mass is 16.2. The summed E-state index contributed by atoms with van der Waals surface area (Å²) >= 11 is 0. The molecule has 0 aliphatic carbocycles. The molecule has 0 atom stereocenters. The zero-order valence-corrected chi connectivity index (χ0v) is 17.0. The van der Waals surface area contributed by atoms with Crippen molar-refractivity contribution in [3.63, 3.8) is 0 Å². The maximum atomic E-state index is 13.0. The number of H-pyrrole nitrogens is 1. The average molecular weight is 397 g/mol. The Labute approximate surface area is 169 Å². The number of nitrogens with zero attached hydrogens (tertiary/aromatic N) is 4. The van der Waals surface area contributed by atoms with E-state index in [0.717, 1.165) is 17.8 Å². The number of aryl methyl sites for hydroxylation is 1. The van der Waals surface area contributed by atoms with E-state index >= 15 is 0 Å². The molecule has 1 fully saturated rings. The Hall–Kier alpha value is -2.90. The van der Waals surface area contributed by atoms with Crippen molar-refractivity contribution in [2.45, 2.75) is 51.6 Å². The SMILES string of the molecule is CCC(=O)N1CCc2[nH]cnc2C12CCN(C(=O)c1ccn(CC)c(=O)c1)CC2. The molecule has 0 unspecified atom stereocenters. The summed E-state index contributed by atoms with van der Waals surface area (Å²) in [6.45, 7) is 6.07. The molecule has 0 aromatic carbocycles. The number of aromatic amines is 1. The lowest BCUT2D eigenvalue weighted by atomic mass is 9.78. The predicted molar refractivity (Wildman–Crippen MR) is 107 cm³/mol. The van der Waals surface area contributed by atoms with Crippen LogP contribution in [0.3, 0.4) is 0 Å². The van der Waals surface area contributed by atoms with Crippen LogP contribution in [0.5, 0.6) is 0 Å². The highest BCUT2D eigenvalue weighted by Crippen LogP contribution is 2.42. The number of fused-ring (bicyclic) bond motifs is 2. The third kappa shape index (κ3) is 3.16. The second kappa shape index (κ2) is 7.50. The molecule has 0 saturated carbocycles. The maximum Gasteiger partial charge on any atom is 0.254 e. The van der Waals surface area contributed by atoms with Gasteiger partial charge in [0.1, 0.15) is 0 Å². The zero-order valence-electron chi connectivity index (χ0n) is 17.0. The van der Waals surface area contributed by atoms with Gasteiger partial charge in [-0.2, -0.15) is 0 Å². The van der Waals surface area contributed by atoms with Crippen LogP contribution >= 0.6 is 0 Å². The van der Waals surface area contributed by atoms with E-state index in [4.69, 9.17) is 0 Å². The summed E-state index contributed by atoms with van der Waals surface area (Å²) in [6, 6.07) is 3.12. The van der Waals surface area contributed by atoms with Crippen LogP contribution in [0.1, 0.15) is 54.9 Å². The quantitative estimate of drug-likeness (QED) is 0.850. The second-order valence-electron chi connectivity index (χ2n) is 7.74. The fourth-order valence-electron chi connectivity index (χ4n) is 4.70. The summed E-state index contributed by atoms with van der Waals surface area (Å²) < 4.78 is 1.57. The van der Waals surface area contributed by atoms with Gasteiger partial charge in [0.05, 0.1) is 17.6 Å². The van der Waals surface area contributed by atoms with Gasteiger partial charge < -0.3 is 19.4 Å². The van der Waals surface area contributed by atoms with Crippen molar-refractivity contribution in [1.82, 2.24) is 24.3 Å². The molecule has 2 aliphatic rings. The van der Waals surface area contributed by atoms with Crippen LogP contribution in [0.4, 0.5) is 0 Å². The van der Waals surface area contributed by atoms with Crippen molar-refractivity contribution in [1.29, 1.82) is 0 Å². The number of carbonyl (C=O) groups excluding carboxylic acids is 2. The van der Waals surface area contributed by atoms with E-state index in [2.05, 4.69) is 9.97 Å². The Morgan fingerprint density at radius 3 is 2.62 bits per heavy atom. The topological polar surface area (TPSA) is 91.3 Å². The number of rotatable bonds is 3. The number of aromatic nitrogens is 3. The molecule has 2 aliphatic heterocycles. The summed E-state index contributed by atoms with van der Waals surface area (Å²) in [4.78, 5) is 49.3. The standard InChI is InChI=1S/C21H27N5O3/c1-3-17(27)26-10-6-16-19(23-14-22-16)21(26)7-11-25(12-8-21)20(29)15-5-9-24(4-2)18(28)13-15/h5,9,13-14H,3-4,6-8,10-12H2,1-2H3,(H,22,23). The maximum absolute atomic E-state index is 13.0. The van der Waals surface area contributed by atoms with Gasteiger partial charge in [0, 0.05) is 62.5 Å². The third-order valence-corrected chi connectivity index (χ3v) is 6.33. The molecule has 4 heterocycles. The predicted octanol–water partition coefficient (Wildman–Crippen LogP) is 1.52. The molecule has 1 spiro atoms. The number of pyridine rings is 1. The fraction of sp³-hybridized carbons (Fsp3) is 0.524. The lowest BCUT2D eigenvalue weighted by Gasteiger charge is -2.50. The highest BCUT2D eigenvalue weighted by molar-refractivity contribution is 5.94. The summed E-state index contributed by atoms with van der Waals surface area (Å²) in [7, 11) is 0. The van der Waals surface area contributed by atoms with E-state index in [-0.39, 0.29) is 17.4 Å². The molecule has 0 bridgehead atoms. The van der Waals surface area contributed by atoms with Crippen molar-refractivity contribution >= 4 is 11.8 Å². The molecule has 4 rings (SSSR count). The molecule has 2 aromatic heterocycles. The number of nitrogens with one attached hydrogen (secondary N) is 1. The number of likely N-dealkylation sites (tertiary alicyclic amines) is 1. The van der Waals surface area contributed by atoms with Crippen LogP contribution in [-0.4, -0.2) is 55.8 Å². The van der Waals surface area contributed by atoms with Gasteiger partial charge in [-0.05, 0) is 25.8 Å². The molecule has 8 nitrogen and oxygen atoms in total. The minimum Gasteiger partial charge on any atom is -0.348 e. The summed E-state index contributed by atoms with van der Waals surface area (Å²) in [5.41, 5.74) is 1.83. The Morgan fingerprint density at radius 2 is 1.97 bits per heavy atom. The number of hydrogen-bond donors (Lipinski definition) is 1. The second-order valence-corrected chi connectivity index (χ2v) is 7.74. The van der Waals surface area contributed by atoms with E-state index in [9.17, 15) is 14.4 Å². The number of amides is 2. The zero-order chi connectivity index (χ0) is 20.6. The molecular formula is C21H27N5O3. The van der Waals surface area contributed by atoms with Crippen molar-refractivity contribution in [3.8, 4) is 0 Å². The van der Waals surface area contributed by atoms with Gasteiger partial charge in [-0.15, -0.1) is 0 Å². The van der Waals surface area contributed by atoms with Crippen LogP contribution in [0.2, 0.25) is 0 Å². The molecule has 2 aromatic rings. The van der Waals surface area contributed by atoms with Crippen LogP contribution < -0.4 is 5.56 Å². The van der Waals surface area contributed by atoms with Crippen LogP contribution in [0.15, 0.2) is 29.5 Å². The van der Waals surface area contributed by atoms with Gasteiger partial charge in [-0.1, -0.05) is 6.92 Å². The Kier molecular flexibility index (Phi) is 5.02. The van der Waals surface area contributed by atoms with Crippen LogP contribution in [0, 0.1) is 0 Å². The Morgan fingerprint density at radius 1 is 1.21 bits per heavy atom. The highest BCUT2D eigenvalue weighted by Gasteiger charge is 2.48. The van der Waals surface area contributed by atoms with E-state index in [1.807, 2.05) is 18.7 Å². The summed E-state index contributed by atoms with van der Waals surface area (Å²) in [5, 5.41) is 0. The molecule has 0 radical (unpaired) electrons. The normalized spacial score (nSPS) is 18.0. The van der Waals surface area contributed by atoms with Gasteiger partial charge in [-0.3, -0.25) is 14.4 Å². The smallest absolute Gasteiger partial charge is 0.254 e. The van der Waals surface area contributed by atoms with Crippen molar-refractivity contribution < 1.29 is 9.59 Å². The number of hydrogen-bond acceptors (Lipinski definition) is 4. The lowest BCUT2D eigenvalue weighted by Crippen LogP contribution is -2.58. The molecule has 154 valence electrons. The summed E-state index contributed by atoms with van der Waals surface area (Å²) in [6.07, 6.45) is 5.90. The monoisotopic (exact) mass is 397 g/mol. The third-order valence-electron chi connectivity index (χ3n) is 6.33. The number of imidazole rings is 1. The largest absolute Gasteiger partial charge is 0.348 e. The first kappa shape index (κ1) is 19.4. The molecule has 2 amide bonds. The minimum atomic E-state index is -0.455.